The van der Waals surface area contributed by atoms with E-state index in [-0.39, 0.29) is 5.91 Å². The number of ether oxygens (including phenoxy) is 1. The lowest BCUT2D eigenvalue weighted by atomic mass is 9.98. The van der Waals surface area contributed by atoms with Crippen molar-refractivity contribution in [2.45, 2.75) is 6.42 Å². The van der Waals surface area contributed by atoms with Gasteiger partial charge in [-0.15, -0.1) is 0 Å². The van der Waals surface area contributed by atoms with Gasteiger partial charge in [0.25, 0.3) is 11.8 Å². The molecular weight excluding hydrogens is 416 g/mol. The minimum Gasteiger partial charge on any atom is -0.497 e. The highest BCUT2D eigenvalue weighted by Gasteiger charge is 2.20. The topological polar surface area (TPSA) is 100 Å². The molecule has 7 heteroatoms. The van der Waals surface area contributed by atoms with E-state index in [2.05, 4.69) is 10.3 Å². The molecule has 2 amide bonds. The molecule has 7 nitrogen and oxygen atoms in total. The van der Waals surface area contributed by atoms with E-state index in [1.165, 1.54) is 0 Å². The molecule has 0 saturated carbocycles. The molecule has 0 atom stereocenters. The number of hydrogen-bond acceptors (Lipinski definition) is 4. The van der Waals surface area contributed by atoms with Crippen molar-refractivity contribution in [3.05, 3.63) is 65.7 Å². The van der Waals surface area contributed by atoms with E-state index in [1.54, 1.807) is 13.2 Å². The fraction of sp³-hybridized carbons (Fsp3) is 0.231. The number of fused-ring (bicyclic) bond motifs is 3. The van der Waals surface area contributed by atoms with Crippen LogP contribution in [0.1, 0.15) is 27.1 Å². The van der Waals surface area contributed by atoms with Crippen LogP contribution in [0.3, 0.4) is 0 Å². The van der Waals surface area contributed by atoms with Crippen molar-refractivity contribution in [3.8, 4) is 16.9 Å². The molecule has 1 aliphatic heterocycles. The first-order chi connectivity index (χ1) is 16.0. The highest BCUT2D eigenvalue weighted by molar-refractivity contribution is 6.17. The van der Waals surface area contributed by atoms with Crippen LogP contribution in [0.4, 0.5) is 0 Å². The lowest BCUT2D eigenvalue weighted by molar-refractivity contribution is 0.0766. The number of rotatable bonds is 4. The average molecular weight is 443 g/mol. The highest BCUT2D eigenvalue weighted by Crippen LogP contribution is 2.34. The lowest BCUT2D eigenvalue weighted by Crippen LogP contribution is -2.34. The molecule has 3 aromatic carbocycles. The van der Waals surface area contributed by atoms with Crippen LogP contribution in [0, 0.1) is 0 Å². The molecule has 0 radical (unpaired) electrons. The van der Waals surface area contributed by atoms with Crippen LogP contribution in [0.25, 0.3) is 32.9 Å². The Hall–Kier alpha value is -3.84. The smallest absolute Gasteiger partial charge is 0.253 e. The van der Waals surface area contributed by atoms with Gasteiger partial charge in [-0.05, 0) is 60.5 Å². The minimum absolute atomic E-state index is 0.0199. The maximum atomic E-state index is 13.1. The monoisotopic (exact) mass is 442 g/mol. The minimum atomic E-state index is -0.510. The largest absolute Gasteiger partial charge is 0.497 e. The van der Waals surface area contributed by atoms with Crippen LogP contribution >= 0.6 is 0 Å². The molecule has 168 valence electrons. The Kier molecular flexibility index (Phi) is 5.48. The van der Waals surface area contributed by atoms with Gasteiger partial charge in [0.1, 0.15) is 5.75 Å². The molecule has 4 aromatic rings. The summed E-state index contributed by atoms with van der Waals surface area (Å²) >= 11 is 0. The average Bonchev–Trinajstić information content (AvgIpc) is 3.00. The Morgan fingerprint density at radius 2 is 1.85 bits per heavy atom. The first-order valence-corrected chi connectivity index (χ1v) is 11.1. The molecule has 4 N–H and O–H groups in total. The highest BCUT2D eigenvalue weighted by atomic mass is 16.5. The van der Waals surface area contributed by atoms with Gasteiger partial charge in [-0.2, -0.15) is 0 Å². The van der Waals surface area contributed by atoms with Crippen molar-refractivity contribution in [1.82, 2.24) is 15.2 Å². The molecule has 1 aliphatic rings. The number of nitrogens with one attached hydrogen (secondary N) is 2. The number of primary amides is 1. The van der Waals surface area contributed by atoms with E-state index in [9.17, 15) is 9.59 Å². The summed E-state index contributed by atoms with van der Waals surface area (Å²) in [7, 11) is 1.62. The van der Waals surface area contributed by atoms with Crippen molar-refractivity contribution < 1.29 is 14.3 Å². The second kappa shape index (κ2) is 8.60. The summed E-state index contributed by atoms with van der Waals surface area (Å²) in [5.74, 6) is 0.245. The summed E-state index contributed by atoms with van der Waals surface area (Å²) in [6, 6.07) is 17.2. The molecular formula is C26H26N4O3. The molecule has 33 heavy (non-hydrogen) atoms. The number of aromatic nitrogens is 1. The van der Waals surface area contributed by atoms with Crippen LogP contribution in [-0.4, -0.2) is 55.0 Å². The van der Waals surface area contributed by atoms with E-state index >= 15 is 0 Å². The Morgan fingerprint density at radius 1 is 0.970 bits per heavy atom. The molecule has 0 aliphatic carbocycles. The number of methoxy groups -OCH3 is 1. The standard InChI is InChI=1S/C26H26N4O3/c1-33-19-5-2-4-16(12-19)18-13-21-20-7-6-17(26(32)30-10-3-8-28-9-11-30)15-23(20)29-24(21)22(14-18)25(27)31/h2,4-7,12-15,28-29H,3,8-11H2,1H3,(H2,27,31). The first kappa shape index (κ1) is 21.0. The van der Waals surface area contributed by atoms with Crippen LogP contribution in [0.5, 0.6) is 5.75 Å². The zero-order valence-electron chi connectivity index (χ0n) is 18.5. The number of benzene rings is 3. The van der Waals surface area contributed by atoms with E-state index in [0.717, 1.165) is 59.2 Å². The number of carbonyl (C=O) groups excluding carboxylic acids is 2. The summed E-state index contributed by atoms with van der Waals surface area (Å²) in [4.78, 5) is 30.6. The Morgan fingerprint density at radius 3 is 2.67 bits per heavy atom. The molecule has 1 aromatic heterocycles. The molecule has 2 heterocycles. The second-order valence-electron chi connectivity index (χ2n) is 8.32. The van der Waals surface area contributed by atoms with Crippen molar-refractivity contribution in [2.24, 2.45) is 5.73 Å². The fourth-order valence-corrected chi connectivity index (χ4v) is 4.53. The van der Waals surface area contributed by atoms with Gasteiger partial charge in [-0.25, -0.2) is 0 Å². The number of aromatic amines is 1. The Labute approximate surface area is 191 Å². The predicted molar refractivity (Wildman–Crippen MR) is 130 cm³/mol. The summed E-state index contributed by atoms with van der Waals surface area (Å²) < 4.78 is 5.35. The molecule has 0 unspecified atom stereocenters. The number of carbonyl (C=O) groups is 2. The van der Waals surface area contributed by atoms with Gasteiger partial charge in [0, 0.05) is 41.5 Å². The quantitative estimate of drug-likeness (QED) is 0.450. The number of amides is 2. The van der Waals surface area contributed by atoms with E-state index in [1.807, 2.05) is 53.4 Å². The van der Waals surface area contributed by atoms with Gasteiger partial charge in [0.2, 0.25) is 0 Å². The molecule has 5 rings (SSSR count). The van der Waals surface area contributed by atoms with Gasteiger partial charge < -0.3 is 25.7 Å². The fourth-order valence-electron chi connectivity index (χ4n) is 4.53. The molecule has 0 spiro atoms. The zero-order valence-corrected chi connectivity index (χ0v) is 18.5. The van der Waals surface area contributed by atoms with Crippen LogP contribution in [0.2, 0.25) is 0 Å². The summed E-state index contributed by atoms with van der Waals surface area (Å²) in [5, 5.41) is 5.14. The van der Waals surface area contributed by atoms with Crippen molar-refractivity contribution in [3.63, 3.8) is 0 Å². The summed E-state index contributed by atoms with van der Waals surface area (Å²) in [5.41, 5.74) is 10.1. The van der Waals surface area contributed by atoms with Gasteiger partial charge >= 0.3 is 0 Å². The second-order valence-corrected chi connectivity index (χ2v) is 8.32. The van der Waals surface area contributed by atoms with Crippen LogP contribution in [0.15, 0.2) is 54.6 Å². The van der Waals surface area contributed by atoms with E-state index < -0.39 is 5.91 Å². The summed E-state index contributed by atoms with van der Waals surface area (Å²) in [6.07, 6.45) is 0.940. The van der Waals surface area contributed by atoms with E-state index in [0.29, 0.717) is 23.2 Å². The van der Waals surface area contributed by atoms with Crippen molar-refractivity contribution in [2.75, 3.05) is 33.3 Å². The van der Waals surface area contributed by atoms with Gasteiger partial charge in [0.15, 0.2) is 0 Å². The Bertz CT molecular complexity index is 1370. The number of nitrogens with two attached hydrogens (primary N) is 1. The predicted octanol–water partition coefficient (Wildman–Crippen LogP) is 3.53. The third kappa shape index (κ3) is 3.91. The molecule has 1 fully saturated rings. The zero-order chi connectivity index (χ0) is 22.9. The van der Waals surface area contributed by atoms with E-state index in [4.69, 9.17) is 10.5 Å². The molecule has 0 bridgehead atoms. The number of nitrogens with zero attached hydrogens (tertiary/aromatic N) is 1. The van der Waals surface area contributed by atoms with Crippen LogP contribution in [-0.2, 0) is 0 Å². The van der Waals surface area contributed by atoms with Crippen molar-refractivity contribution in [1.29, 1.82) is 0 Å². The summed E-state index contributed by atoms with van der Waals surface area (Å²) in [6.45, 7) is 3.16. The third-order valence-electron chi connectivity index (χ3n) is 6.25. The number of hydrogen-bond donors (Lipinski definition) is 3. The third-order valence-corrected chi connectivity index (χ3v) is 6.25. The first-order valence-electron chi connectivity index (χ1n) is 11.1. The van der Waals surface area contributed by atoms with Gasteiger partial charge in [-0.3, -0.25) is 9.59 Å². The maximum Gasteiger partial charge on any atom is 0.253 e. The van der Waals surface area contributed by atoms with Crippen molar-refractivity contribution >= 4 is 33.6 Å². The number of H-pyrrole nitrogens is 1. The SMILES string of the molecule is COc1cccc(-c2cc(C(N)=O)c3[nH]c4cc(C(=O)N5CCCNCC5)ccc4c3c2)c1. The Balaban J connectivity index is 1.62. The van der Waals surface area contributed by atoms with Gasteiger partial charge in [-0.1, -0.05) is 18.2 Å². The van der Waals surface area contributed by atoms with Crippen LogP contribution < -0.4 is 15.8 Å². The normalized spacial score (nSPS) is 14.4. The van der Waals surface area contributed by atoms with Gasteiger partial charge in [0.05, 0.1) is 18.2 Å². The maximum absolute atomic E-state index is 13.1. The molecule has 1 saturated heterocycles. The lowest BCUT2D eigenvalue weighted by Gasteiger charge is -2.19.